The van der Waals surface area contributed by atoms with E-state index in [-0.39, 0.29) is 18.2 Å². The molecule has 0 radical (unpaired) electrons. The van der Waals surface area contributed by atoms with Crippen molar-refractivity contribution in [3.63, 3.8) is 0 Å². The molecule has 1 saturated heterocycles. The number of hydrogen-bond donors (Lipinski definition) is 4. The van der Waals surface area contributed by atoms with Crippen LogP contribution in [0, 0.1) is 0 Å². The van der Waals surface area contributed by atoms with E-state index >= 15 is 0 Å². The van der Waals surface area contributed by atoms with E-state index in [0.717, 1.165) is 18.1 Å². The van der Waals surface area contributed by atoms with E-state index in [2.05, 4.69) is 9.64 Å². The normalized spacial score (nSPS) is 28.6. The van der Waals surface area contributed by atoms with Crippen LogP contribution in [0.2, 0.25) is 0 Å². The fraction of sp³-hybridized carbons (Fsp3) is 0.536. The average Bonchev–Trinajstić information content (AvgIpc) is 3.29. The first-order chi connectivity index (χ1) is 20.2. The van der Waals surface area contributed by atoms with Crippen LogP contribution in [-0.2, 0) is 50.0 Å². The molecule has 1 aromatic rings. The third-order valence-electron chi connectivity index (χ3n) is 8.72. The smallest absolute Gasteiger partial charge is 0.351 e. The topological polar surface area (TPSA) is 216 Å². The minimum atomic E-state index is -2.50. The van der Waals surface area contributed by atoms with Gasteiger partial charge in [-0.15, -0.1) is 0 Å². The number of methoxy groups -OCH3 is 1. The Kier molecular flexibility index (Phi) is 7.61. The number of aliphatic hydroxyl groups is 2. The molecule has 2 aliphatic carbocycles. The highest BCUT2D eigenvalue weighted by Crippen LogP contribution is 2.65. The minimum absolute atomic E-state index is 0.0571. The highest BCUT2D eigenvalue weighted by molar-refractivity contribution is 5.90. The minimum Gasteiger partial charge on any atom is -0.493 e. The molecule has 15 heteroatoms. The quantitative estimate of drug-likeness (QED) is 0.191. The molecule has 1 spiro atoms. The SMILES string of the molecule is COc1ccc2c3c1O[C@H]1C(OC(=O)[C@H](O)[C@@H](OC(C)=O)C(=O)O[C@@H](CC(=O)O)C(=O)O)=CC[C@@]4(O)[C@@H](C2)N(C)CC[C@]314. The summed E-state index contributed by atoms with van der Waals surface area (Å²) in [4.78, 5) is 62.0. The van der Waals surface area contributed by atoms with Crippen molar-refractivity contribution in [3.8, 4) is 11.5 Å². The van der Waals surface area contributed by atoms with Crippen molar-refractivity contribution in [2.75, 3.05) is 20.7 Å². The largest absolute Gasteiger partial charge is 0.493 e. The summed E-state index contributed by atoms with van der Waals surface area (Å²) in [6.07, 6.45) is -6.74. The molecule has 7 atom stereocenters. The molecule has 232 valence electrons. The number of rotatable bonds is 10. The lowest BCUT2D eigenvalue weighted by Gasteiger charge is -2.61. The molecule has 0 aromatic heterocycles. The number of carboxylic acids is 2. The molecule has 2 heterocycles. The van der Waals surface area contributed by atoms with E-state index in [1.807, 2.05) is 13.1 Å². The van der Waals surface area contributed by atoms with Crippen LogP contribution < -0.4 is 9.47 Å². The number of aliphatic carboxylic acids is 2. The van der Waals surface area contributed by atoms with E-state index in [1.54, 1.807) is 6.07 Å². The summed E-state index contributed by atoms with van der Waals surface area (Å²) in [5, 5.41) is 41.1. The zero-order valence-corrected chi connectivity index (χ0v) is 23.5. The maximum atomic E-state index is 13.2. The first kappa shape index (κ1) is 30.3. The number of carboxylic acid groups (broad SMARTS) is 2. The Bertz CT molecular complexity index is 1420. The van der Waals surface area contributed by atoms with Crippen LogP contribution in [0.5, 0.6) is 11.5 Å². The molecular weight excluding hydrogens is 574 g/mol. The lowest BCUT2D eigenvalue weighted by Crippen LogP contribution is -2.74. The number of ether oxygens (including phenoxy) is 5. The van der Waals surface area contributed by atoms with Gasteiger partial charge in [0.25, 0.3) is 0 Å². The average molecular weight is 606 g/mol. The second-order valence-corrected chi connectivity index (χ2v) is 11.0. The number of carbonyl (C=O) groups excluding carboxylic acids is 3. The lowest BCUT2D eigenvalue weighted by molar-refractivity contribution is -0.190. The third kappa shape index (κ3) is 4.67. The summed E-state index contributed by atoms with van der Waals surface area (Å²) in [5.41, 5.74) is -0.662. The summed E-state index contributed by atoms with van der Waals surface area (Å²) >= 11 is 0. The van der Waals surface area contributed by atoms with Crippen molar-refractivity contribution in [1.82, 2.24) is 4.90 Å². The Morgan fingerprint density at radius 2 is 1.86 bits per heavy atom. The number of nitrogens with zero attached hydrogens (tertiary/aromatic N) is 1. The van der Waals surface area contributed by atoms with Gasteiger partial charge in [-0.25, -0.2) is 14.4 Å². The van der Waals surface area contributed by atoms with Crippen molar-refractivity contribution in [1.29, 1.82) is 0 Å². The molecule has 0 saturated carbocycles. The second kappa shape index (κ2) is 10.8. The fourth-order valence-electron chi connectivity index (χ4n) is 6.85. The van der Waals surface area contributed by atoms with Crippen LogP contribution in [0.25, 0.3) is 0 Å². The molecule has 1 aromatic carbocycles. The lowest BCUT2D eigenvalue weighted by atomic mass is 9.50. The summed E-state index contributed by atoms with van der Waals surface area (Å²) in [5.74, 6) is -6.94. The van der Waals surface area contributed by atoms with Crippen molar-refractivity contribution < 1.29 is 68.1 Å². The molecule has 15 nitrogen and oxygen atoms in total. The zero-order valence-electron chi connectivity index (χ0n) is 23.5. The van der Waals surface area contributed by atoms with Crippen LogP contribution in [0.4, 0.5) is 0 Å². The van der Waals surface area contributed by atoms with Crippen LogP contribution in [0.1, 0.15) is 37.3 Å². The third-order valence-corrected chi connectivity index (χ3v) is 8.72. The number of carbonyl (C=O) groups is 5. The molecule has 4 aliphatic rings. The Balaban J connectivity index is 1.45. The first-order valence-electron chi connectivity index (χ1n) is 13.5. The maximum absolute atomic E-state index is 13.2. The number of likely N-dealkylation sites (tertiary alicyclic amines) is 1. The van der Waals surface area contributed by atoms with Gasteiger partial charge in [0.15, 0.2) is 23.7 Å². The zero-order chi connectivity index (χ0) is 31.4. The molecule has 2 aliphatic heterocycles. The molecule has 43 heavy (non-hydrogen) atoms. The first-order valence-corrected chi connectivity index (χ1v) is 13.5. The second-order valence-electron chi connectivity index (χ2n) is 11.0. The van der Waals surface area contributed by atoms with Gasteiger partial charge in [-0.05, 0) is 44.1 Å². The molecule has 2 bridgehead atoms. The fourth-order valence-corrected chi connectivity index (χ4v) is 6.85. The predicted molar refractivity (Wildman–Crippen MR) is 139 cm³/mol. The van der Waals surface area contributed by atoms with E-state index in [0.29, 0.717) is 30.9 Å². The van der Waals surface area contributed by atoms with Gasteiger partial charge in [-0.2, -0.15) is 0 Å². The number of aliphatic hydroxyl groups excluding tert-OH is 1. The summed E-state index contributed by atoms with van der Waals surface area (Å²) in [7, 11) is 3.39. The van der Waals surface area contributed by atoms with Crippen LogP contribution in [0.3, 0.4) is 0 Å². The highest BCUT2D eigenvalue weighted by Gasteiger charge is 2.72. The Hall–Kier alpha value is -4.21. The monoisotopic (exact) mass is 605 g/mol. The van der Waals surface area contributed by atoms with E-state index in [1.165, 1.54) is 13.2 Å². The number of likely N-dealkylation sites (N-methyl/N-ethyl adjacent to an activating group) is 1. The van der Waals surface area contributed by atoms with Crippen LogP contribution in [-0.4, -0.2) is 112 Å². The number of esters is 3. The highest BCUT2D eigenvalue weighted by atomic mass is 16.6. The summed E-state index contributed by atoms with van der Waals surface area (Å²) in [6, 6.07) is 3.38. The predicted octanol–water partition coefficient (Wildman–Crippen LogP) is -0.720. The number of piperidine rings is 1. The molecule has 0 amide bonds. The van der Waals surface area contributed by atoms with E-state index in [9.17, 15) is 39.3 Å². The summed E-state index contributed by atoms with van der Waals surface area (Å²) in [6.45, 7) is 1.45. The van der Waals surface area contributed by atoms with Gasteiger partial charge in [-0.3, -0.25) is 9.59 Å². The molecule has 4 N–H and O–H groups in total. The Morgan fingerprint density at radius 1 is 1.14 bits per heavy atom. The Labute approximate surface area is 244 Å². The Morgan fingerprint density at radius 3 is 2.49 bits per heavy atom. The van der Waals surface area contributed by atoms with Gasteiger partial charge < -0.3 is 49.0 Å². The van der Waals surface area contributed by atoms with Gasteiger partial charge in [0, 0.05) is 24.9 Å². The number of benzene rings is 1. The van der Waals surface area contributed by atoms with Crippen LogP contribution in [0.15, 0.2) is 24.0 Å². The van der Waals surface area contributed by atoms with Crippen molar-refractivity contribution in [2.45, 2.75) is 74.1 Å². The molecular formula is C28H31NO14. The number of hydrogen-bond acceptors (Lipinski definition) is 13. The van der Waals surface area contributed by atoms with Crippen LogP contribution >= 0.6 is 0 Å². The maximum Gasteiger partial charge on any atom is 0.351 e. The molecule has 1 fully saturated rings. The van der Waals surface area contributed by atoms with E-state index in [4.69, 9.17) is 24.1 Å². The van der Waals surface area contributed by atoms with Gasteiger partial charge in [-0.1, -0.05) is 6.07 Å². The summed E-state index contributed by atoms with van der Waals surface area (Å²) < 4.78 is 26.8. The van der Waals surface area contributed by atoms with Gasteiger partial charge in [0.05, 0.1) is 24.5 Å². The molecule has 0 unspecified atom stereocenters. The van der Waals surface area contributed by atoms with Gasteiger partial charge >= 0.3 is 29.8 Å². The van der Waals surface area contributed by atoms with E-state index < -0.39 is 71.7 Å². The van der Waals surface area contributed by atoms with Gasteiger partial charge in [0.1, 0.15) is 5.76 Å². The van der Waals surface area contributed by atoms with Crippen molar-refractivity contribution >= 4 is 29.8 Å². The van der Waals surface area contributed by atoms with Crippen molar-refractivity contribution in [3.05, 3.63) is 35.1 Å². The van der Waals surface area contributed by atoms with Crippen molar-refractivity contribution in [2.24, 2.45) is 0 Å². The van der Waals surface area contributed by atoms with Gasteiger partial charge in [0.2, 0.25) is 12.2 Å². The molecule has 5 rings (SSSR count). The standard InChI is InChI=1S/C28H31NO14/c1-12(30)40-22(26(37)42-16(24(34)35)11-18(31)32)20(33)25(36)41-15-6-7-28(38)17-10-13-4-5-14(39-3)21-19(13)27(28,23(15)43-21)8-9-29(17)2/h4-6,16-17,20,22-23,33,38H,7-11H2,1-3H3,(H,31,32)(H,34,35)/t16-,17+,20+,22+,23-,27-,28+/m0/s1.